The lowest BCUT2D eigenvalue weighted by atomic mass is 10.1. The molecule has 0 radical (unpaired) electrons. The monoisotopic (exact) mass is 295 g/mol. The molecule has 7 nitrogen and oxygen atoms in total. The molecule has 0 aliphatic heterocycles. The number of rotatable bonds is 8. The number of anilines is 1. The second kappa shape index (κ2) is 8.21. The fraction of sp³-hybridized carbons (Fsp3) is 0.500. The van der Waals surface area contributed by atoms with E-state index in [1.54, 1.807) is 0 Å². The lowest BCUT2D eigenvalue weighted by Crippen LogP contribution is -2.26. The number of hydrogen-bond donors (Lipinski definition) is 2. The molecule has 116 valence electrons. The summed E-state index contributed by atoms with van der Waals surface area (Å²) in [5, 5.41) is 13.4. The van der Waals surface area contributed by atoms with Gasteiger partial charge in [-0.1, -0.05) is 19.9 Å². The summed E-state index contributed by atoms with van der Waals surface area (Å²) in [7, 11) is 0. The highest BCUT2D eigenvalue weighted by molar-refractivity contribution is 6.00. The van der Waals surface area contributed by atoms with Crippen molar-refractivity contribution < 1.29 is 14.5 Å². The molecule has 0 fully saturated rings. The molecule has 0 bridgehead atoms. The maximum atomic E-state index is 11.9. The van der Waals surface area contributed by atoms with E-state index in [2.05, 4.69) is 19.2 Å². The van der Waals surface area contributed by atoms with Crippen LogP contribution in [-0.4, -0.2) is 30.6 Å². The van der Waals surface area contributed by atoms with Crippen LogP contribution in [0.25, 0.3) is 0 Å². The summed E-state index contributed by atoms with van der Waals surface area (Å²) in [5.41, 5.74) is 5.39. The Morgan fingerprint density at radius 2 is 2.19 bits per heavy atom. The molecule has 0 saturated heterocycles. The first-order valence-corrected chi connectivity index (χ1v) is 6.82. The van der Waals surface area contributed by atoms with Crippen LogP contribution in [0.1, 0.15) is 30.6 Å². The number of benzene rings is 1. The lowest BCUT2D eigenvalue weighted by Gasteiger charge is -2.09. The third-order valence-electron chi connectivity index (χ3n) is 2.73. The van der Waals surface area contributed by atoms with Gasteiger partial charge in [0, 0.05) is 25.8 Å². The summed E-state index contributed by atoms with van der Waals surface area (Å²) in [5.74, 6) is 0.0596. The fourth-order valence-electron chi connectivity index (χ4n) is 1.70. The largest absolute Gasteiger partial charge is 0.393 e. The number of amides is 1. The average Bonchev–Trinajstić information content (AvgIpc) is 2.42. The van der Waals surface area contributed by atoms with E-state index in [0.717, 1.165) is 0 Å². The molecule has 1 aromatic rings. The molecule has 3 N–H and O–H groups in total. The number of nitrogens with zero attached hydrogens (tertiary/aromatic N) is 1. The van der Waals surface area contributed by atoms with Crippen LogP contribution in [0.15, 0.2) is 18.2 Å². The average molecular weight is 295 g/mol. The molecule has 0 unspecified atom stereocenters. The molecule has 0 spiro atoms. The van der Waals surface area contributed by atoms with Crippen molar-refractivity contribution in [3.63, 3.8) is 0 Å². The Morgan fingerprint density at radius 3 is 2.81 bits per heavy atom. The normalized spacial score (nSPS) is 10.6. The van der Waals surface area contributed by atoms with E-state index < -0.39 is 10.8 Å². The number of nitro benzene ring substituents is 1. The van der Waals surface area contributed by atoms with Crippen LogP contribution in [0.5, 0.6) is 0 Å². The van der Waals surface area contributed by atoms with Gasteiger partial charge in [0.1, 0.15) is 5.69 Å². The number of hydrogen-bond acceptors (Lipinski definition) is 5. The van der Waals surface area contributed by atoms with Gasteiger partial charge in [-0.25, -0.2) is 0 Å². The Balaban J connectivity index is 2.46. The summed E-state index contributed by atoms with van der Waals surface area (Å²) in [6.07, 6.45) is 0.674. The van der Waals surface area contributed by atoms with Gasteiger partial charge in [-0.2, -0.15) is 0 Å². The molecule has 0 saturated carbocycles. The van der Waals surface area contributed by atoms with E-state index >= 15 is 0 Å². The van der Waals surface area contributed by atoms with Gasteiger partial charge in [0.25, 0.3) is 11.6 Å². The number of para-hydroxylation sites is 1. The number of nitro groups is 1. The molecule has 0 heterocycles. The van der Waals surface area contributed by atoms with Gasteiger partial charge in [0.05, 0.1) is 10.5 Å². The van der Waals surface area contributed by atoms with Crippen LogP contribution >= 0.6 is 0 Å². The van der Waals surface area contributed by atoms with Gasteiger partial charge in [-0.15, -0.1) is 0 Å². The Kier molecular flexibility index (Phi) is 6.61. The standard InChI is InChI=1S/C14H21N3O4/c1-10(2)9-21-8-4-7-16-14(18)11-5-3-6-12(13(11)15)17(19)20/h3,5-6,10H,4,7-9,15H2,1-2H3,(H,16,18). The Bertz CT molecular complexity index is 503. The van der Waals surface area contributed by atoms with Gasteiger partial charge in [-0.05, 0) is 18.4 Å². The van der Waals surface area contributed by atoms with Gasteiger partial charge in [0.15, 0.2) is 0 Å². The highest BCUT2D eigenvalue weighted by Crippen LogP contribution is 2.24. The van der Waals surface area contributed by atoms with E-state index in [0.29, 0.717) is 32.1 Å². The summed E-state index contributed by atoms with van der Waals surface area (Å²) in [6.45, 7) is 5.80. The van der Waals surface area contributed by atoms with Crippen LogP contribution in [0.3, 0.4) is 0 Å². The molecular formula is C14H21N3O4. The minimum atomic E-state index is -0.605. The topological polar surface area (TPSA) is 107 Å². The van der Waals surface area contributed by atoms with Crippen molar-refractivity contribution in [2.24, 2.45) is 5.92 Å². The molecule has 21 heavy (non-hydrogen) atoms. The molecule has 0 aromatic heterocycles. The van der Waals surface area contributed by atoms with Crippen molar-refractivity contribution >= 4 is 17.3 Å². The highest BCUT2D eigenvalue weighted by atomic mass is 16.6. The number of carbonyl (C=O) groups is 1. The van der Waals surface area contributed by atoms with Crippen LogP contribution in [0.2, 0.25) is 0 Å². The molecule has 0 aliphatic rings. The van der Waals surface area contributed by atoms with Gasteiger partial charge >= 0.3 is 0 Å². The molecular weight excluding hydrogens is 274 g/mol. The molecule has 1 amide bonds. The van der Waals surface area contributed by atoms with Gasteiger partial charge in [-0.3, -0.25) is 14.9 Å². The first-order valence-electron chi connectivity index (χ1n) is 6.82. The van der Waals surface area contributed by atoms with Crippen LogP contribution in [0.4, 0.5) is 11.4 Å². The zero-order valence-electron chi connectivity index (χ0n) is 12.3. The Labute approximate surface area is 123 Å². The van der Waals surface area contributed by atoms with Gasteiger partial charge in [0.2, 0.25) is 0 Å². The van der Waals surface area contributed by atoms with E-state index in [1.807, 2.05) is 0 Å². The number of nitrogens with two attached hydrogens (primary N) is 1. The second-order valence-electron chi connectivity index (χ2n) is 5.07. The van der Waals surface area contributed by atoms with Crippen molar-refractivity contribution in [1.29, 1.82) is 0 Å². The number of nitrogens with one attached hydrogen (secondary N) is 1. The predicted octanol–water partition coefficient (Wildman–Crippen LogP) is 1.97. The summed E-state index contributed by atoms with van der Waals surface area (Å²) >= 11 is 0. The number of ether oxygens (including phenoxy) is 1. The van der Waals surface area contributed by atoms with Crippen LogP contribution in [-0.2, 0) is 4.74 Å². The maximum Gasteiger partial charge on any atom is 0.292 e. The zero-order chi connectivity index (χ0) is 15.8. The molecule has 0 atom stereocenters. The Hall–Kier alpha value is -2.15. The van der Waals surface area contributed by atoms with E-state index in [4.69, 9.17) is 10.5 Å². The third-order valence-corrected chi connectivity index (χ3v) is 2.73. The van der Waals surface area contributed by atoms with E-state index in [-0.39, 0.29) is 16.9 Å². The van der Waals surface area contributed by atoms with Crippen molar-refractivity contribution in [1.82, 2.24) is 5.32 Å². The minimum absolute atomic E-state index is 0.115. The molecule has 1 rings (SSSR count). The fourth-order valence-corrected chi connectivity index (χ4v) is 1.70. The number of carbonyl (C=O) groups excluding carboxylic acids is 1. The van der Waals surface area contributed by atoms with Crippen molar-refractivity contribution in [2.45, 2.75) is 20.3 Å². The highest BCUT2D eigenvalue weighted by Gasteiger charge is 2.18. The summed E-state index contributed by atoms with van der Waals surface area (Å²) < 4.78 is 5.39. The molecule has 1 aromatic carbocycles. The molecule has 0 aliphatic carbocycles. The van der Waals surface area contributed by atoms with Gasteiger partial charge < -0.3 is 15.8 Å². The quantitative estimate of drug-likeness (QED) is 0.330. The summed E-state index contributed by atoms with van der Waals surface area (Å²) in [6, 6.07) is 4.17. The number of nitrogen functional groups attached to an aromatic ring is 1. The van der Waals surface area contributed by atoms with Crippen LogP contribution < -0.4 is 11.1 Å². The Morgan fingerprint density at radius 1 is 1.48 bits per heavy atom. The maximum absolute atomic E-state index is 11.9. The van der Waals surface area contributed by atoms with Crippen molar-refractivity contribution in [2.75, 3.05) is 25.5 Å². The minimum Gasteiger partial charge on any atom is -0.393 e. The summed E-state index contributed by atoms with van der Waals surface area (Å²) in [4.78, 5) is 22.1. The first kappa shape index (κ1) is 16.9. The molecule has 7 heteroatoms. The van der Waals surface area contributed by atoms with Crippen molar-refractivity contribution in [3.8, 4) is 0 Å². The van der Waals surface area contributed by atoms with E-state index in [1.165, 1.54) is 18.2 Å². The van der Waals surface area contributed by atoms with Crippen LogP contribution in [0, 0.1) is 16.0 Å². The van der Waals surface area contributed by atoms with E-state index in [9.17, 15) is 14.9 Å². The third kappa shape index (κ3) is 5.39. The SMILES string of the molecule is CC(C)COCCCNC(=O)c1cccc([N+](=O)[O-])c1N. The van der Waals surface area contributed by atoms with Crippen molar-refractivity contribution in [3.05, 3.63) is 33.9 Å². The lowest BCUT2D eigenvalue weighted by molar-refractivity contribution is -0.383. The predicted molar refractivity (Wildman–Crippen MR) is 80.1 cm³/mol. The zero-order valence-corrected chi connectivity index (χ0v) is 12.3. The second-order valence-corrected chi connectivity index (χ2v) is 5.07. The smallest absolute Gasteiger partial charge is 0.292 e. The first-order chi connectivity index (χ1) is 9.93.